The highest BCUT2D eigenvalue weighted by Crippen LogP contribution is 2.45. The van der Waals surface area contributed by atoms with Gasteiger partial charge in [0.2, 0.25) is 5.95 Å². The maximum absolute atomic E-state index is 4.97. The van der Waals surface area contributed by atoms with Gasteiger partial charge in [-0.05, 0) is 69.3 Å². The summed E-state index contributed by atoms with van der Waals surface area (Å²) in [7, 11) is 2.18. The summed E-state index contributed by atoms with van der Waals surface area (Å²) in [5, 5.41) is 7.30. The average Bonchev–Trinajstić information content (AvgIpc) is 3.52. The Morgan fingerprint density at radius 1 is 1.06 bits per heavy atom. The van der Waals surface area contributed by atoms with Crippen LogP contribution in [-0.2, 0) is 13.0 Å². The Bertz CT molecular complexity index is 1120. The molecule has 6 rings (SSSR count). The van der Waals surface area contributed by atoms with E-state index in [1.165, 1.54) is 36.9 Å². The Morgan fingerprint density at radius 3 is 2.66 bits per heavy atom. The molecular formula is C25H31N7. The summed E-state index contributed by atoms with van der Waals surface area (Å²) in [6, 6.07) is 8.91. The van der Waals surface area contributed by atoms with E-state index in [1.807, 2.05) is 19.3 Å². The molecule has 0 spiro atoms. The number of hydrogen-bond acceptors (Lipinski definition) is 6. The first-order valence-corrected chi connectivity index (χ1v) is 11.8. The second kappa shape index (κ2) is 7.89. The molecule has 3 atom stereocenters. The number of hydrogen-bond donors (Lipinski definition) is 2. The molecule has 2 aliphatic carbocycles. The largest absolute Gasteiger partial charge is 0.367 e. The highest BCUT2D eigenvalue weighted by atomic mass is 15.2. The van der Waals surface area contributed by atoms with Crippen LogP contribution >= 0.6 is 0 Å². The Morgan fingerprint density at radius 2 is 1.94 bits per heavy atom. The number of aromatic nitrogens is 4. The van der Waals surface area contributed by atoms with Gasteiger partial charge < -0.3 is 20.1 Å². The van der Waals surface area contributed by atoms with Gasteiger partial charge in [0, 0.05) is 54.9 Å². The molecule has 3 aromatic rings. The molecule has 166 valence electrons. The molecular weight excluding hydrogens is 398 g/mol. The van der Waals surface area contributed by atoms with Crippen molar-refractivity contribution in [2.24, 2.45) is 11.8 Å². The number of aryl methyl sites for hydroxylation is 1. The summed E-state index contributed by atoms with van der Waals surface area (Å²) in [6.07, 6.45) is 10.2. The van der Waals surface area contributed by atoms with E-state index in [0.717, 1.165) is 54.4 Å². The summed E-state index contributed by atoms with van der Waals surface area (Å²) in [6.45, 7) is 3.96. The number of nitrogens with one attached hydrogen (secondary N) is 2. The van der Waals surface area contributed by atoms with E-state index in [0.29, 0.717) is 12.0 Å². The van der Waals surface area contributed by atoms with Crippen molar-refractivity contribution < 1.29 is 0 Å². The fourth-order valence-electron chi connectivity index (χ4n) is 5.81. The molecule has 1 aliphatic heterocycles. The maximum Gasteiger partial charge on any atom is 0.229 e. The number of likely N-dealkylation sites (N-methyl/N-ethyl adjacent to an activating group) is 1. The molecule has 0 saturated heterocycles. The van der Waals surface area contributed by atoms with Crippen molar-refractivity contribution in [2.75, 3.05) is 24.2 Å². The summed E-state index contributed by atoms with van der Waals surface area (Å²) in [4.78, 5) is 16.6. The Labute approximate surface area is 189 Å². The van der Waals surface area contributed by atoms with Crippen molar-refractivity contribution >= 4 is 17.5 Å². The number of imidazole rings is 1. The zero-order valence-electron chi connectivity index (χ0n) is 18.9. The smallest absolute Gasteiger partial charge is 0.229 e. The molecule has 3 unspecified atom stereocenters. The van der Waals surface area contributed by atoms with Crippen LogP contribution in [0.25, 0.3) is 5.69 Å². The Hall–Kier alpha value is -2.93. The third-order valence-corrected chi connectivity index (χ3v) is 7.54. The minimum absolute atomic E-state index is 0.561. The van der Waals surface area contributed by atoms with Crippen LogP contribution < -0.4 is 10.6 Å². The van der Waals surface area contributed by atoms with Crippen molar-refractivity contribution in [2.45, 2.75) is 51.6 Å². The lowest BCUT2D eigenvalue weighted by atomic mass is 9.95. The molecule has 3 aliphatic rings. The standard InChI is InChI=1S/C25H31N7/c1-16-26-10-12-32(16)20-7-5-19(6-8-20)27-25-29-22-9-11-31(2)15-21(22)24(30-25)28-23-14-17-3-4-18(23)13-17/h5-8,10,12,17-18,23H,3-4,9,11,13-15H2,1-2H3,(H2,27,28,29,30). The van der Waals surface area contributed by atoms with Gasteiger partial charge in [0.15, 0.2) is 0 Å². The predicted octanol–water partition coefficient (Wildman–Crippen LogP) is 4.30. The predicted molar refractivity (Wildman–Crippen MR) is 127 cm³/mol. The van der Waals surface area contributed by atoms with Crippen LogP contribution in [0.5, 0.6) is 0 Å². The second-order valence-electron chi connectivity index (χ2n) is 9.75. The summed E-state index contributed by atoms with van der Waals surface area (Å²) >= 11 is 0. The molecule has 2 N–H and O–H groups in total. The Balaban J connectivity index is 1.27. The van der Waals surface area contributed by atoms with Gasteiger partial charge in [-0.2, -0.15) is 4.98 Å². The highest BCUT2D eigenvalue weighted by Gasteiger charge is 2.40. The van der Waals surface area contributed by atoms with Gasteiger partial charge >= 0.3 is 0 Å². The fourth-order valence-corrected chi connectivity index (χ4v) is 5.81. The average molecular weight is 430 g/mol. The van der Waals surface area contributed by atoms with Crippen molar-refractivity contribution in [1.82, 2.24) is 24.4 Å². The molecule has 7 nitrogen and oxygen atoms in total. The van der Waals surface area contributed by atoms with Gasteiger partial charge in [-0.1, -0.05) is 6.42 Å². The molecule has 32 heavy (non-hydrogen) atoms. The van der Waals surface area contributed by atoms with Crippen LogP contribution in [0.1, 0.15) is 42.8 Å². The van der Waals surface area contributed by atoms with E-state index in [9.17, 15) is 0 Å². The number of fused-ring (bicyclic) bond motifs is 3. The van der Waals surface area contributed by atoms with Crippen molar-refractivity contribution in [3.63, 3.8) is 0 Å². The van der Waals surface area contributed by atoms with E-state index in [4.69, 9.17) is 9.97 Å². The number of rotatable bonds is 5. The first kappa shape index (κ1) is 19.7. The van der Waals surface area contributed by atoms with Crippen LogP contribution in [-0.4, -0.2) is 44.1 Å². The molecule has 2 fully saturated rings. The molecule has 3 heterocycles. The summed E-state index contributed by atoms with van der Waals surface area (Å²) < 4.78 is 2.08. The Kier molecular flexibility index (Phi) is 4.86. The summed E-state index contributed by atoms with van der Waals surface area (Å²) in [5.74, 6) is 4.42. The lowest BCUT2D eigenvalue weighted by molar-refractivity contribution is 0.309. The fraction of sp³-hybridized carbons (Fsp3) is 0.480. The van der Waals surface area contributed by atoms with Gasteiger partial charge in [0.1, 0.15) is 11.6 Å². The third-order valence-electron chi connectivity index (χ3n) is 7.54. The quantitative estimate of drug-likeness (QED) is 0.630. The first-order valence-electron chi connectivity index (χ1n) is 11.8. The van der Waals surface area contributed by atoms with E-state index in [1.54, 1.807) is 0 Å². The van der Waals surface area contributed by atoms with E-state index in [2.05, 4.69) is 56.4 Å². The molecule has 0 radical (unpaired) electrons. The zero-order chi connectivity index (χ0) is 21.7. The molecule has 0 amide bonds. The van der Waals surface area contributed by atoms with Crippen LogP contribution in [0.15, 0.2) is 36.7 Å². The van der Waals surface area contributed by atoms with Crippen LogP contribution in [0.4, 0.5) is 17.5 Å². The first-order chi connectivity index (χ1) is 15.6. The highest BCUT2D eigenvalue weighted by molar-refractivity contribution is 5.59. The van der Waals surface area contributed by atoms with Crippen molar-refractivity contribution in [3.05, 3.63) is 53.7 Å². The van der Waals surface area contributed by atoms with Crippen LogP contribution in [0, 0.1) is 18.8 Å². The molecule has 2 aromatic heterocycles. The number of anilines is 3. The lowest BCUT2D eigenvalue weighted by Crippen LogP contribution is -2.32. The molecule has 7 heteroatoms. The second-order valence-corrected chi connectivity index (χ2v) is 9.75. The van der Waals surface area contributed by atoms with Crippen molar-refractivity contribution in [1.29, 1.82) is 0 Å². The minimum Gasteiger partial charge on any atom is -0.367 e. The minimum atomic E-state index is 0.561. The van der Waals surface area contributed by atoms with Gasteiger partial charge in [0.05, 0.1) is 5.69 Å². The van der Waals surface area contributed by atoms with E-state index >= 15 is 0 Å². The number of benzene rings is 1. The normalized spacial score (nSPS) is 24.5. The van der Waals surface area contributed by atoms with E-state index in [-0.39, 0.29) is 0 Å². The topological polar surface area (TPSA) is 70.9 Å². The third kappa shape index (κ3) is 3.64. The molecule has 2 saturated carbocycles. The maximum atomic E-state index is 4.97. The van der Waals surface area contributed by atoms with Gasteiger partial charge in [0.25, 0.3) is 0 Å². The van der Waals surface area contributed by atoms with Crippen LogP contribution in [0.3, 0.4) is 0 Å². The van der Waals surface area contributed by atoms with E-state index < -0.39 is 0 Å². The monoisotopic (exact) mass is 429 g/mol. The number of nitrogens with zero attached hydrogens (tertiary/aromatic N) is 5. The van der Waals surface area contributed by atoms with Gasteiger partial charge in [-0.15, -0.1) is 0 Å². The van der Waals surface area contributed by atoms with Gasteiger partial charge in [-0.3, -0.25) is 0 Å². The zero-order valence-corrected chi connectivity index (χ0v) is 18.9. The molecule has 2 bridgehead atoms. The SMILES string of the molecule is Cc1nccn1-c1ccc(Nc2nc3c(c(NC4CC5CCC4C5)n2)CN(C)CC3)cc1. The van der Waals surface area contributed by atoms with Crippen molar-refractivity contribution in [3.8, 4) is 5.69 Å². The summed E-state index contributed by atoms with van der Waals surface area (Å²) in [5.41, 5.74) is 4.54. The van der Waals surface area contributed by atoms with Gasteiger partial charge in [-0.25, -0.2) is 9.97 Å². The lowest BCUT2D eigenvalue weighted by Gasteiger charge is -2.29. The van der Waals surface area contributed by atoms with Crippen LogP contribution in [0.2, 0.25) is 0 Å². The molecule has 1 aromatic carbocycles.